The van der Waals surface area contributed by atoms with Gasteiger partial charge < -0.3 is 15.2 Å². The van der Waals surface area contributed by atoms with Gasteiger partial charge >= 0.3 is 0 Å². The normalized spacial score (nSPS) is 12.4. The lowest BCUT2D eigenvalue weighted by Gasteiger charge is -2.11. The highest BCUT2D eigenvalue weighted by Gasteiger charge is 2.05. The molecule has 0 heterocycles. The van der Waals surface area contributed by atoms with E-state index in [-0.39, 0.29) is 5.96 Å². The molecule has 1 rings (SSSR count). The van der Waals surface area contributed by atoms with Gasteiger partial charge in [-0.3, -0.25) is 4.99 Å². The number of rotatable bonds is 12. The number of methoxy groups -OCH3 is 1. The number of aliphatic imine (C=N–C) groups is 1. The van der Waals surface area contributed by atoms with Crippen molar-refractivity contribution in [2.45, 2.75) is 52.4 Å². The fourth-order valence-corrected chi connectivity index (χ4v) is 2.42. The van der Waals surface area contributed by atoms with E-state index < -0.39 is 0 Å². The van der Waals surface area contributed by atoms with Gasteiger partial charge in [0.25, 0.3) is 0 Å². The maximum Gasteiger partial charge on any atom is 0.209 e. The summed E-state index contributed by atoms with van der Waals surface area (Å²) in [5, 5.41) is 4.11. The molecule has 0 aliphatic heterocycles. The van der Waals surface area contributed by atoms with E-state index in [0.29, 0.717) is 0 Å². The average Bonchev–Trinajstić information content (AvgIpc) is 2.70. The molecule has 0 saturated heterocycles. The molecule has 1 aromatic rings. The lowest BCUT2D eigenvalue weighted by atomic mass is 10.1. The van der Waals surface area contributed by atoms with E-state index >= 15 is 0 Å². The summed E-state index contributed by atoms with van der Waals surface area (Å²) < 4.78 is 11.3. The monoisotopic (exact) mass is 374 g/mol. The van der Waals surface area contributed by atoms with Crippen LogP contribution in [0.3, 0.4) is 0 Å². The zero-order valence-corrected chi connectivity index (χ0v) is 17.1. The number of hydrazone groups is 1. The van der Waals surface area contributed by atoms with Gasteiger partial charge in [0.2, 0.25) is 5.96 Å². The topological polar surface area (TPSA) is 81.2 Å². The Morgan fingerprint density at radius 2 is 1.89 bits per heavy atom. The molecule has 6 heteroatoms. The Morgan fingerprint density at radius 1 is 1.15 bits per heavy atom. The fourth-order valence-electron chi connectivity index (χ4n) is 2.42. The van der Waals surface area contributed by atoms with E-state index in [4.69, 9.17) is 15.2 Å². The second kappa shape index (κ2) is 13.7. The van der Waals surface area contributed by atoms with Crippen molar-refractivity contribution in [2.75, 3.05) is 20.8 Å². The first-order chi connectivity index (χ1) is 13.1. The number of nitrogens with zero attached hydrogens (tertiary/aromatic N) is 2. The van der Waals surface area contributed by atoms with Crippen molar-refractivity contribution >= 4 is 17.7 Å². The van der Waals surface area contributed by atoms with E-state index in [1.165, 1.54) is 32.1 Å². The Morgan fingerprint density at radius 3 is 2.59 bits per heavy atom. The largest absolute Gasteiger partial charge is 0.493 e. The van der Waals surface area contributed by atoms with Gasteiger partial charge in [0.05, 0.1) is 19.4 Å². The fraction of sp³-hybridized carbons (Fsp3) is 0.524. The van der Waals surface area contributed by atoms with Crippen molar-refractivity contribution < 1.29 is 9.47 Å². The Kier molecular flexibility index (Phi) is 11.4. The third kappa shape index (κ3) is 9.68. The molecule has 1 aromatic carbocycles. The maximum absolute atomic E-state index is 5.88. The number of allylic oxidation sites excluding steroid dienone is 1. The highest BCUT2D eigenvalue weighted by atomic mass is 16.5. The van der Waals surface area contributed by atoms with E-state index in [9.17, 15) is 0 Å². The van der Waals surface area contributed by atoms with Crippen molar-refractivity contribution in [3.8, 4) is 11.5 Å². The molecule has 0 aliphatic rings. The minimum absolute atomic E-state index is 0.274. The Balaban J connectivity index is 2.54. The summed E-state index contributed by atoms with van der Waals surface area (Å²) in [7, 11) is 3.26. The lowest BCUT2D eigenvalue weighted by molar-refractivity contribution is 0.284. The first-order valence-electron chi connectivity index (χ1n) is 9.62. The van der Waals surface area contributed by atoms with E-state index in [0.717, 1.165) is 35.8 Å². The van der Waals surface area contributed by atoms with Gasteiger partial charge in [0, 0.05) is 7.05 Å². The van der Waals surface area contributed by atoms with Crippen LogP contribution < -0.4 is 20.6 Å². The van der Waals surface area contributed by atoms with Gasteiger partial charge in [0.15, 0.2) is 11.5 Å². The van der Waals surface area contributed by atoms with Gasteiger partial charge in [-0.05, 0) is 37.1 Å². The molecule has 27 heavy (non-hydrogen) atoms. The van der Waals surface area contributed by atoms with Gasteiger partial charge in [0.1, 0.15) is 0 Å². The molecule has 0 atom stereocenters. The highest BCUT2D eigenvalue weighted by molar-refractivity contribution is 5.97. The minimum Gasteiger partial charge on any atom is -0.493 e. The third-order valence-electron chi connectivity index (χ3n) is 4.05. The lowest BCUT2D eigenvalue weighted by Crippen LogP contribution is -2.27. The molecule has 150 valence electrons. The summed E-state index contributed by atoms with van der Waals surface area (Å²) in [5.74, 6) is 1.79. The summed E-state index contributed by atoms with van der Waals surface area (Å²) in [4.78, 5) is 3.78. The smallest absolute Gasteiger partial charge is 0.209 e. The number of hydrogen-bond acceptors (Lipinski definition) is 4. The second-order valence-corrected chi connectivity index (χ2v) is 6.33. The maximum atomic E-state index is 5.88. The van der Waals surface area contributed by atoms with Crippen LogP contribution in [0.5, 0.6) is 11.5 Å². The highest BCUT2D eigenvalue weighted by Crippen LogP contribution is 2.28. The molecule has 0 fully saturated rings. The van der Waals surface area contributed by atoms with Crippen molar-refractivity contribution in [1.29, 1.82) is 0 Å². The van der Waals surface area contributed by atoms with E-state index in [2.05, 4.69) is 22.4 Å². The van der Waals surface area contributed by atoms with Crippen LogP contribution >= 0.6 is 0 Å². The molecule has 6 nitrogen and oxygen atoms in total. The van der Waals surface area contributed by atoms with Gasteiger partial charge in [-0.15, -0.1) is 0 Å². The van der Waals surface area contributed by atoms with Crippen molar-refractivity contribution in [1.82, 2.24) is 5.43 Å². The van der Waals surface area contributed by atoms with Crippen LogP contribution in [0, 0.1) is 0 Å². The van der Waals surface area contributed by atoms with Crippen LogP contribution in [0.25, 0.3) is 6.08 Å². The molecule has 3 N–H and O–H groups in total. The average molecular weight is 375 g/mol. The molecule has 0 saturated carbocycles. The standard InChI is InChI=1S/C21H34N4O2/c1-5-6-7-8-9-10-15-27-19-14-13-18(16-20(19)26-4)12-11-17(2)24-25-21(22)23-3/h11-14,16H,5-10,15H2,1-4H3,(H3,22,23,25)/b12-11+,24-17+. The van der Waals surface area contributed by atoms with Crippen molar-refractivity contribution in [3.05, 3.63) is 29.8 Å². The Labute approximate surface area is 163 Å². The molecule has 0 radical (unpaired) electrons. The van der Waals surface area contributed by atoms with Gasteiger partial charge in [-0.25, -0.2) is 5.43 Å². The summed E-state index contributed by atoms with van der Waals surface area (Å²) in [5.41, 5.74) is 9.99. The number of guanidine groups is 1. The molecular formula is C21H34N4O2. The van der Waals surface area contributed by atoms with Gasteiger partial charge in [-0.2, -0.15) is 5.10 Å². The van der Waals surface area contributed by atoms with Crippen LogP contribution in [0.4, 0.5) is 0 Å². The minimum atomic E-state index is 0.274. The number of nitrogens with one attached hydrogen (secondary N) is 1. The van der Waals surface area contributed by atoms with E-state index in [1.54, 1.807) is 14.2 Å². The summed E-state index contributed by atoms with van der Waals surface area (Å²) in [6.07, 6.45) is 11.3. The Bertz CT molecular complexity index is 639. The predicted molar refractivity (Wildman–Crippen MR) is 115 cm³/mol. The zero-order valence-electron chi connectivity index (χ0n) is 17.1. The zero-order chi connectivity index (χ0) is 19.9. The molecular weight excluding hydrogens is 340 g/mol. The van der Waals surface area contributed by atoms with Crippen LogP contribution in [-0.4, -0.2) is 32.4 Å². The van der Waals surface area contributed by atoms with Crippen LogP contribution in [0.15, 0.2) is 34.4 Å². The number of ether oxygens (including phenoxy) is 2. The predicted octanol–water partition coefficient (Wildman–Crippen LogP) is 4.36. The molecule has 0 aliphatic carbocycles. The number of hydrogen-bond donors (Lipinski definition) is 2. The molecule has 0 bridgehead atoms. The number of unbranched alkanes of at least 4 members (excludes halogenated alkanes) is 5. The Hall–Kier alpha value is -2.50. The van der Waals surface area contributed by atoms with Crippen LogP contribution in [0.1, 0.15) is 57.9 Å². The van der Waals surface area contributed by atoms with Crippen molar-refractivity contribution in [3.63, 3.8) is 0 Å². The first-order valence-corrected chi connectivity index (χ1v) is 9.62. The molecule has 0 aromatic heterocycles. The quantitative estimate of drug-likeness (QED) is 0.246. The molecule has 0 unspecified atom stereocenters. The second-order valence-electron chi connectivity index (χ2n) is 6.33. The first kappa shape index (κ1) is 22.5. The third-order valence-corrected chi connectivity index (χ3v) is 4.05. The summed E-state index contributed by atoms with van der Waals surface area (Å²) in [6.45, 7) is 4.83. The van der Waals surface area contributed by atoms with E-state index in [1.807, 2.05) is 37.3 Å². The number of benzene rings is 1. The summed E-state index contributed by atoms with van der Waals surface area (Å²) in [6, 6.07) is 5.90. The molecule has 0 amide bonds. The SMILES string of the molecule is CCCCCCCCOc1ccc(/C=C/C(C)=N/NC(N)=NC)cc1OC. The van der Waals surface area contributed by atoms with Crippen LogP contribution in [0.2, 0.25) is 0 Å². The summed E-state index contributed by atoms with van der Waals surface area (Å²) >= 11 is 0. The van der Waals surface area contributed by atoms with Crippen LogP contribution in [-0.2, 0) is 0 Å². The number of nitrogens with two attached hydrogens (primary N) is 1. The molecule has 0 spiro atoms. The van der Waals surface area contributed by atoms with Crippen molar-refractivity contribution in [2.24, 2.45) is 15.8 Å². The van der Waals surface area contributed by atoms with Gasteiger partial charge in [-0.1, -0.05) is 51.2 Å².